The number of fused-ring (bicyclic) bond motifs is 1. The predicted molar refractivity (Wildman–Crippen MR) is 107 cm³/mol. The zero-order chi connectivity index (χ0) is 19.3. The molecule has 0 spiro atoms. The lowest BCUT2D eigenvalue weighted by molar-refractivity contribution is 0.102. The molecule has 7 nitrogen and oxygen atoms in total. The Bertz CT molecular complexity index is 989. The third-order valence-corrected chi connectivity index (χ3v) is 4.35. The summed E-state index contributed by atoms with van der Waals surface area (Å²) in [7, 11) is 0. The van der Waals surface area contributed by atoms with E-state index in [1.807, 2.05) is 49.4 Å². The monoisotopic (exact) mass is 376 g/mol. The fraction of sp³-hybridized carbons (Fsp3) is 0.190. The van der Waals surface area contributed by atoms with E-state index < -0.39 is 0 Å². The van der Waals surface area contributed by atoms with Crippen molar-refractivity contribution in [2.75, 3.05) is 23.8 Å². The summed E-state index contributed by atoms with van der Waals surface area (Å²) in [6.45, 7) is 3.13. The van der Waals surface area contributed by atoms with Crippen molar-refractivity contribution in [2.24, 2.45) is 0 Å². The van der Waals surface area contributed by atoms with Crippen LogP contribution in [0, 0.1) is 0 Å². The molecular formula is C21H20N4O3. The molecule has 142 valence electrons. The van der Waals surface area contributed by atoms with Gasteiger partial charge in [-0.15, -0.1) is 0 Å². The predicted octanol–water partition coefficient (Wildman–Crippen LogP) is 3.81. The summed E-state index contributed by atoms with van der Waals surface area (Å²) < 4.78 is 11.1. The summed E-state index contributed by atoms with van der Waals surface area (Å²) >= 11 is 0. The number of aromatic nitrogens is 2. The fourth-order valence-corrected chi connectivity index (χ4v) is 2.92. The van der Waals surface area contributed by atoms with Crippen LogP contribution in [0.15, 0.2) is 54.9 Å². The lowest BCUT2D eigenvalue weighted by Crippen LogP contribution is -2.15. The van der Waals surface area contributed by atoms with Gasteiger partial charge in [0, 0.05) is 17.4 Å². The normalized spacial score (nSPS) is 12.3. The molecule has 3 aromatic rings. The third kappa shape index (κ3) is 3.88. The minimum Gasteiger partial charge on any atom is -0.486 e. The maximum Gasteiger partial charge on any atom is 0.275 e. The van der Waals surface area contributed by atoms with Gasteiger partial charge in [0.1, 0.15) is 24.7 Å². The van der Waals surface area contributed by atoms with Crippen molar-refractivity contribution < 1.29 is 14.3 Å². The topological polar surface area (TPSA) is 85.4 Å². The van der Waals surface area contributed by atoms with Crippen molar-refractivity contribution in [3.05, 3.63) is 66.1 Å². The van der Waals surface area contributed by atoms with E-state index in [4.69, 9.17) is 9.47 Å². The zero-order valence-electron chi connectivity index (χ0n) is 15.4. The van der Waals surface area contributed by atoms with Gasteiger partial charge in [0.05, 0.1) is 12.4 Å². The second-order valence-corrected chi connectivity index (χ2v) is 6.24. The summed E-state index contributed by atoms with van der Waals surface area (Å²) in [6, 6.07) is 13.3. The Morgan fingerprint density at radius 1 is 1.04 bits per heavy atom. The highest BCUT2D eigenvalue weighted by Crippen LogP contribution is 2.33. The molecular weight excluding hydrogens is 356 g/mol. The molecule has 7 heteroatoms. The van der Waals surface area contributed by atoms with Crippen LogP contribution >= 0.6 is 0 Å². The molecule has 2 aromatic carbocycles. The second-order valence-electron chi connectivity index (χ2n) is 6.24. The average molecular weight is 376 g/mol. The number of carbonyl (C=O) groups excluding carboxylic acids is 1. The van der Waals surface area contributed by atoms with Gasteiger partial charge < -0.3 is 20.1 Å². The molecule has 2 N–H and O–H groups in total. The molecule has 2 heterocycles. The van der Waals surface area contributed by atoms with Crippen molar-refractivity contribution in [3.63, 3.8) is 0 Å². The molecule has 1 aromatic heterocycles. The first-order valence-electron chi connectivity index (χ1n) is 9.11. The minimum atomic E-state index is -0.292. The summed E-state index contributed by atoms with van der Waals surface area (Å²) in [5.74, 6) is 1.65. The number of rotatable bonds is 5. The summed E-state index contributed by atoms with van der Waals surface area (Å²) in [4.78, 5) is 21.0. The molecule has 1 aliphatic rings. The Kier molecular flexibility index (Phi) is 5.05. The number of nitrogens with one attached hydrogen (secondary N) is 2. The van der Waals surface area contributed by atoms with Gasteiger partial charge in [-0.2, -0.15) is 0 Å². The number of carbonyl (C=O) groups is 1. The maximum atomic E-state index is 12.4. The highest BCUT2D eigenvalue weighted by Gasteiger charge is 2.13. The summed E-state index contributed by atoms with van der Waals surface area (Å²) in [5.41, 5.74) is 2.90. The van der Waals surface area contributed by atoms with Gasteiger partial charge in [-0.1, -0.05) is 25.1 Å². The molecule has 1 aliphatic heterocycles. The minimum absolute atomic E-state index is 0.249. The largest absolute Gasteiger partial charge is 0.486 e. The number of aryl methyl sites for hydroxylation is 1. The van der Waals surface area contributed by atoms with Crippen LogP contribution in [0.5, 0.6) is 11.5 Å². The van der Waals surface area contributed by atoms with Gasteiger partial charge >= 0.3 is 0 Å². The van der Waals surface area contributed by atoms with Crippen molar-refractivity contribution in [1.29, 1.82) is 0 Å². The number of hydrogen-bond acceptors (Lipinski definition) is 6. The number of anilines is 3. The van der Waals surface area contributed by atoms with Crippen molar-refractivity contribution in [2.45, 2.75) is 13.3 Å². The molecule has 0 bridgehead atoms. The van der Waals surface area contributed by atoms with Crippen LogP contribution in [0.1, 0.15) is 23.0 Å². The van der Waals surface area contributed by atoms with Crippen LogP contribution in [0.4, 0.5) is 17.2 Å². The van der Waals surface area contributed by atoms with E-state index in [2.05, 4.69) is 20.6 Å². The molecule has 0 radical (unpaired) electrons. The first-order valence-corrected chi connectivity index (χ1v) is 9.11. The number of nitrogens with zero attached hydrogens (tertiary/aromatic N) is 2. The average Bonchev–Trinajstić information content (AvgIpc) is 2.74. The zero-order valence-corrected chi connectivity index (χ0v) is 15.4. The van der Waals surface area contributed by atoms with Crippen LogP contribution in [-0.2, 0) is 6.42 Å². The van der Waals surface area contributed by atoms with Gasteiger partial charge in [0.25, 0.3) is 5.91 Å². The van der Waals surface area contributed by atoms with Crippen molar-refractivity contribution in [1.82, 2.24) is 9.97 Å². The number of para-hydroxylation sites is 1. The molecule has 28 heavy (non-hydrogen) atoms. The van der Waals surface area contributed by atoms with Gasteiger partial charge in [-0.05, 0) is 30.2 Å². The highest BCUT2D eigenvalue weighted by atomic mass is 16.6. The number of benzene rings is 2. The van der Waals surface area contributed by atoms with Crippen molar-refractivity contribution >= 4 is 23.1 Å². The van der Waals surface area contributed by atoms with E-state index in [1.165, 1.54) is 12.4 Å². The van der Waals surface area contributed by atoms with Crippen LogP contribution in [0.25, 0.3) is 0 Å². The molecule has 0 atom stereocenters. The van der Waals surface area contributed by atoms with Gasteiger partial charge in [-0.3, -0.25) is 4.79 Å². The van der Waals surface area contributed by atoms with E-state index in [0.29, 0.717) is 24.8 Å². The highest BCUT2D eigenvalue weighted by molar-refractivity contribution is 6.03. The third-order valence-electron chi connectivity index (χ3n) is 4.35. The number of amides is 1. The van der Waals surface area contributed by atoms with E-state index in [0.717, 1.165) is 29.1 Å². The molecule has 0 fully saturated rings. The Labute approximate surface area is 162 Å². The quantitative estimate of drug-likeness (QED) is 0.704. The smallest absolute Gasteiger partial charge is 0.275 e. The molecule has 0 aliphatic carbocycles. The molecule has 0 unspecified atom stereocenters. The van der Waals surface area contributed by atoms with Crippen LogP contribution in [-0.4, -0.2) is 29.1 Å². The van der Waals surface area contributed by atoms with Crippen LogP contribution in [0.2, 0.25) is 0 Å². The lowest BCUT2D eigenvalue weighted by atomic mass is 10.1. The molecule has 0 saturated heterocycles. The van der Waals surface area contributed by atoms with Gasteiger partial charge in [-0.25, -0.2) is 9.97 Å². The van der Waals surface area contributed by atoms with E-state index >= 15 is 0 Å². The second kappa shape index (κ2) is 7.96. The standard InChI is InChI=1S/C21H20N4O3/c1-2-14-5-3-4-6-16(14)25-21(26)17-12-23-20(13-22-17)24-15-7-8-18-19(11-15)28-10-9-27-18/h3-8,11-13H,2,9-10H2,1H3,(H,23,24)(H,25,26). The van der Waals surface area contributed by atoms with E-state index in [-0.39, 0.29) is 11.6 Å². The lowest BCUT2D eigenvalue weighted by Gasteiger charge is -2.19. The summed E-state index contributed by atoms with van der Waals surface area (Å²) in [5, 5.41) is 6.04. The maximum absolute atomic E-state index is 12.4. The van der Waals surface area contributed by atoms with Crippen LogP contribution < -0.4 is 20.1 Å². The van der Waals surface area contributed by atoms with Crippen LogP contribution in [0.3, 0.4) is 0 Å². The Morgan fingerprint density at radius 2 is 1.86 bits per heavy atom. The first kappa shape index (κ1) is 17.8. The SMILES string of the molecule is CCc1ccccc1NC(=O)c1cnc(Nc2ccc3c(c2)OCCO3)cn1. The first-order chi connectivity index (χ1) is 13.7. The Hall–Kier alpha value is -3.61. The number of hydrogen-bond donors (Lipinski definition) is 2. The summed E-state index contributed by atoms with van der Waals surface area (Å²) in [6.07, 6.45) is 3.81. The Morgan fingerprint density at radius 3 is 2.64 bits per heavy atom. The number of ether oxygens (including phenoxy) is 2. The molecule has 0 saturated carbocycles. The molecule has 1 amide bonds. The van der Waals surface area contributed by atoms with Gasteiger partial charge in [0.2, 0.25) is 0 Å². The fourth-order valence-electron chi connectivity index (χ4n) is 2.92. The Balaban J connectivity index is 1.44. The van der Waals surface area contributed by atoms with E-state index in [1.54, 1.807) is 0 Å². The van der Waals surface area contributed by atoms with Crippen molar-refractivity contribution in [3.8, 4) is 11.5 Å². The van der Waals surface area contributed by atoms with Gasteiger partial charge in [0.15, 0.2) is 11.5 Å². The molecule has 4 rings (SSSR count). The van der Waals surface area contributed by atoms with E-state index in [9.17, 15) is 4.79 Å².